The van der Waals surface area contributed by atoms with Crippen molar-refractivity contribution in [3.05, 3.63) is 68.9 Å². The van der Waals surface area contributed by atoms with Crippen molar-refractivity contribution in [1.82, 2.24) is 14.7 Å². The third-order valence-corrected chi connectivity index (χ3v) is 4.72. The molecule has 4 rings (SSSR count). The number of hydrogen-bond acceptors (Lipinski definition) is 6. The molecule has 0 bridgehead atoms. The molecular weight excluding hydrogens is 431 g/mol. The molecule has 0 saturated carbocycles. The molecule has 138 valence electrons. The van der Waals surface area contributed by atoms with E-state index in [0.29, 0.717) is 21.2 Å². The SMILES string of the molecule is COc1ccc(-n2c(-c3ccon3)nc3c(Br)cc(C#N)cc3c2=O)cc1F. The summed E-state index contributed by atoms with van der Waals surface area (Å²) in [4.78, 5) is 17.8. The summed E-state index contributed by atoms with van der Waals surface area (Å²) < 4.78 is 25.8. The van der Waals surface area contributed by atoms with Gasteiger partial charge in [0.25, 0.3) is 5.56 Å². The number of aromatic nitrogens is 3. The fourth-order valence-electron chi connectivity index (χ4n) is 2.85. The largest absolute Gasteiger partial charge is 0.494 e. The van der Waals surface area contributed by atoms with Gasteiger partial charge in [0.15, 0.2) is 17.4 Å². The number of halogens is 2. The van der Waals surface area contributed by atoms with Crippen LogP contribution in [-0.2, 0) is 0 Å². The van der Waals surface area contributed by atoms with Gasteiger partial charge in [-0.15, -0.1) is 0 Å². The minimum absolute atomic E-state index is 0.0445. The van der Waals surface area contributed by atoms with E-state index in [1.165, 1.54) is 42.2 Å². The third kappa shape index (κ3) is 2.84. The first-order chi connectivity index (χ1) is 13.5. The molecule has 0 radical (unpaired) electrons. The first kappa shape index (κ1) is 17.9. The van der Waals surface area contributed by atoms with Crippen LogP contribution in [0.15, 0.2) is 56.5 Å². The van der Waals surface area contributed by atoms with Crippen LogP contribution >= 0.6 is 15.9 Å². The smallest absolute Gasteiger partial charge is 0.266 e. The zero-order valence-electron chi connectivity index (χ0n) is 14.3. The van der Waals surface area contributed by atoms with Gasteiger partial charge in [0.1, 0.15) is 12.0 Å². The number of ether oxygens (including phenoxy) is 1. The lowest BCUT2D eigenvalue weighted by Gasteiger charge is -2.13. The molecule has 2 aromatic carbocycles. The molecule has 0 aliphatic carbocycles. The second-order valence-corrected chi connectivity index (χ2v) is 6.60. The van der Waals surface area contributed by atoms with Gasteiger partial charge in [-0.25, -0.2) is 9.37 Å². The van der Waals surface area contributed by atoms with Crippen molar-refractivity contribution < 1.29 is 13.7 Å². The second-order valence-electron chi connectivity index (χ2n) is 5.75. The van der Waals surface area contributed by atoms with Crippen molar-refractivity contribution in [2.75, 3.05) is 7.11 Å². The van der Waals surface area contributed by atoms with Gasteiger partial charge in [-0.3, -0.25) is 9.36 Å². The molecule has 0 saturated heterocycles. The van der Waals surface area contributed by atoms with E-state index in [9.17, 15) is 14.4 Å². The Hall–Kier alpha value is -3.51. The monoisotopic (exact) mass is 440 g/mol. The van der Waals surface area contributed by atoms with E-state index < -0.39 is 11.4 Å². The number of fused-ring (bicyclic) bond motifs is 1. The Kier molecular flexibility index (Phi) is 4.41. The van der Waals surface area contributed by atoms with Gasteiger partial charge in [0.2, 0.25) is 0 Å². The maximum absolute atomic E-state index is 14.3. The van der Waals surface area contributed by atoms with Crippen LogP contribution in [0.4, 0.5) is 4.39 Å². The van der Waals surface area contributed by atoms with Gasteiger partial charge in [-0.1, -0.05) is 5.16 Å². The standard InChI is InChI=1S/C19H10BrFN4O3/c1-27-16-3-2-11(8-14(16)21)25-18(15-4-5-28-24-15)23-17-12(19(25)26)6-10(9-22)7-13(17)20/h2-8H,1H3. The molecular formula is C19H10BrFN4O3. The molecule has 28 heavy (non-hydrogen) atoms. The van der Waals surface area contributed by atoms with Gasteiger partial charge in [-0.05, 0) is 40.2 Å². The summed E-state index contributed by atoms with van der Waals surface area (Å²) in [5.41, 5.74) is 0.693. The van der Waals surface area contributed by atoms with Crippen LogP contribution < -0.4 is 10.3 Å². The van der Waals surface area contributed by atoms with Gasteiger partial charge >= 0.3 is 0 Å². The quantitative estimate of drug-likeness (QED) is 0.480. The van der Waals surface area contributed by atoms with Crippen molar-refractivity contribution in [1.29, 1.82) is 5.26 Å². The summed E-state index contributed by atoms with van der Waals surface area (Å²) in [6, 6.07) is 10.7. The highest BCUT2D eigenvalue weighted by Crippen LogP contribution is 2.28. The number of methoxy groups -OCH3 is 1. The average molecular weight is 441 g/mol. The fraction of sp³-hybridized carbons (Fsp3) is 0.0526. The number of nitrogens with zero attached hydrogens (tertiary/aromatic N) is 4. The Bertz CT molecular complexity index is 1310. The topological polar surface area (TPSA) is 93.9 Å². The van der Waals surface area contributed by atoms with E-state index in [1.807, 2.05) is 6.07 Å². The summed E-state index contributed by atoms with van der Waals surface area (Å²) in [6.45, 7) is 0. The maximum atomic E-state index is 14.3. The normalized spacial score (nSPS) is 10.8. The fourth-order valence-corrected chi connectivity index (χ4v) is 3.40. The van der Waals surface area contributed by atoms with Crippen molar-refractivity contribution >= 4 is 26.8 Å². The van der Waals surface area contributed by atoms with Gasteiger partial charge in [-0.2, -0.15) is 5.26 Å². The average Bonchev–Trinajstić information content (AvgIpc) is 3.22. The Morgan fingerprint density at radius 3 is 2.75 bits per heavy atom. The van der Waals surface area contributed by atoms with Crippen LogP contribution in [0.25, 0.3) is 28.1 Å². The van der Waals surface area contributed by atoms with E-state index in [-0.39, 0.29) is 22.6 Å². The highest BCUT2D eigenvalue weighted by molar-refractivity contribution is 9.10. The molecule has 0 unspecified atom stereocenters. The molecule has 2 heterocycles. The minimum Gasteiger partial charge on any atom is -0.494 e. The number of nitriles is 1. The van der Waals surface area contributed by atoms with Gasteiger partial charge in [0, 0.05) is 16.6 Å². The van der Waals surface area contributed by atoms with E-state index >= 15 is 0 Å². The summed E-state index contributed by atoms with van der Waals surface area (Å²) in [5.74, 6) is -0.422. The van der Waals surface area contributed by atoms with Gasteiger partial charge < -0.3 is 9.26 Å². The molecule has 0 N–H and O–H groups in total. The van der Waals surface area contributed by atoms with Crippen LogP contribution in [0.1, 0.15) is 5.56 Å². The van der Waals surface area contributed by atoms with Crippen LogP contribution in [-0.4, -0.2) is 21.8 Å². The zero-order valence-corrected chi connectivity index (χ0v) is 15.9. The van der Waals surface area contributed by atoms with Crippen molar-refractivity contribution in [3.63, 3.8) is 0 Å². The number of rotatable bonds is 3. The van der Waals surface area contributed by atoms with Crippen LogP contribution in [0.5, 0.6) is 5.75 Å². The lowest BCUT2D eigenvalue weighted by molar-refractivity contribution is 0.386. The summed E-state index contributed by atoms with van der Waals surface area (Å²) in [7, 11) is 1.35. The third-order valence-electron chi connectivity index (χ3n) is 4.12. The van der Waals surface area contributed by atoms with E-state index in [4.69, 9.17) is 9.26 Å². The predicted molar refractivity (Wildman–Crippen MR) is 102 cm³/mol. The highest BCUT2D eigenvalue weighted by atomic mass is 79.9. The van der Waals surface area contributed by atoms with E-state index in [2.05, 4.69) is 26.1 Å². The highest BCUT2D eigenvalue weighted by Gasteiger charge is 2.19. The van der Waals surface area contributed by atoms with Gasteiger partial charge in [0.05, 0.1) is 35.3 Å². The molecule has 2 aromatic heterocycles. The Morgan fingerprint density at radius 2 is 2.11 bits per heavy atom. The first-order valence-corrected chi connectivity index (χ1v) is 8.74. The Morgan fingerprint density at radius 1 is 1.29 bits per heavy atom. The summed E-state index contributed by atoms with van der Waals surface area (Å²) in [6.07, 6.45) is 1.35. The van der Waals surface area contributed by atoms with E-state index in [1.54, 1.807) is 12.1 Å². The number of hydrogen-bond donors (Lipinski definition) is 0. The first-order valence-electron chi connectivity index (χ1n) is 7.94. The molecule has 0 aliphatic heterocycles. The molecule has 0 aliphatic rings. The molecule has 0 fully saturated rings. The minimum atomic E-state index is -0.634. The van der Waals surface area contributed by atoms with Crippen LogP contribution in [0, 0.1) is 17.1 Å². The van der Waals surface area contributed by atoms with Crippen molar-refractivity contribution in [2.24, 2.45) is 0 Å². The Labute approximate surface area is 165 Å². The zero-order chi connectivity index (χ0) is 19.8. The Balaban J connectivity index is 2.13. The molecule has 9 heteroatoms. The molecule has 7 nitrogen and oxygen atoms in total. The van der Waals surface area contributed by atoms with Crippen molar-refractivity contribution in [3.8, 4) is 29.0 Å². The lowest BCUT2D eigenvalue weighted by atomic mass is 10.1. The van der Waals surface area contributed by atoms with Crippen molar-refractivity contribution in [2.45, 2.75) is 0 Å². The molecule has 4 aromatic rings. The number of benzene rings is 2. The molecule has 0 spiro atoms. The maximum Gasteiger partial charge on any atom is 0.266 e. The van der Waals surface area contributed by atoms with Crippen LogP contribution in [0.3, 0.4) is 0 Å². The lowest BCUT2D eigenvalue weighted by Crippen LogP contribution is -2.22. The second kappa shape index (κ2) is 6.90. The predicted octanol–water partition coefficient (Wildman–Crippen LogP) is 3.82. The van der Waals surface area contributed by atoms with E-state index in [0.717, 1.165) is 0 Å². The van der Waals surface area contributed by atoms with Crippen LogP contribution in [0.2, 0.25) is 0 Å². The summed E-state index contributed by atoms with van der Waals surface area (Å²) in [5, 5.41) is 13.3. The molecule has 0 amide bonds. The molecule has 0 atom stereocenters. The summed E-state index contributed by atoms with van der Waals surface area (Å²) >= 11 is 3.35.